The number of carbonyl (C=O) groups excluding carboxylic acids is 1. The van der Waals surface area contributed by atoms with Crippen molar-refractivity contribution >= 4 is 5.91 Å². The topological polar surface area (TPSA) is 71.2 Å². The second-order valence-corrected chi connectivity index (χ2v) is 4.93. The molecule has 0 spiro atoms. The van der Waals surface area contributed by atoms with Crippen molar-refractivity contribution in [2.75, 3.05) is 26.7 Å². The Kier molecular flexibility index (Phi) is 7.44. The Morgan fingerprint density at radius 3 is 2.86 bits per heavy atom. The molecular weight excluding hydrogens is 264 g/mol. The lowest BCUT2D eigenvalue weighted by Gasteiger charge is -2.23. The van der Waals surface area contributed by atoms with Crippen molar-refractivity contribution in [3.05, 3.63) is 29.6 Å². The van der Waals surface area contributed by atoms with Crippen molar-refractivity contribution < 1.29 is 4.79 Å². The predicted octanol–water partition coefficient (Wildman–Crippen LogP) is 0.852. The van der Waals surface area contributed by atoms with E-state index >= 15 is 0 Å². The molecule has 0 aliphatic rings. The molecule has 3 N–H and O–H groups in total. The first-order chi connectivity index (χ1) is 10.1. The van der Waals surface area contributed by atoms with E-state index in [4.69, 9.17) is 5.73 Å². The van der Waals surface area contributed by atoms with Gasteiger partial charge >= 0.3 is 0 Å². The van der Waals surface area contributed by atoms with Gasteiger partial charge in [-0.1, -0.05) is 18.8 Å². The molecule has 0 saturated heterocycles. The van der Waals surface area contributed by atoms with Gasteiger partial charge in [0.1, 0.15) is 5.69 Å². The summed E-state index contributed by atoms with van der Waals surface area (Å²) >= 11 is 0. The maximum atomic E-state index is 11.9. The van der Waals surface area contributed by atoms with Crippen LogP contribution >= 0.6 is 0 Å². The van der Waals surface area contributed by atoms with Crippen LogP contribution in [0.3, 0.4) is 0 Å². The molecule has 5 heteroatoms. The third kappa shape index (κ3) is 5.94. The van der Waals surface area contributed by atoms with Gasteiger partial charge in [0.2, 0.25) is 0 Å². The zero-order valence-electron chi connectivity index (χ0n) is 13.0. The summed E-state index contributed by atoms with van der Waals surface area (Å²) in [6, 6.07) is 3.96. The summed E-state index contributed by atoms with van der Waals surface area (Å²) in [5.74, 6) is 5.46. The summed E-state index contributed by atoms with van der Waals surface area (Å²) in [5, 5.41) is 2.87. The van der Waals surface area contributed by atoms with Gasteiger partial charge < -0.3 is 16.0 Å². The fraction of sp³-hybridized carbons (Fsp3) is 0.500. The van der Waals surface area contributed by atoms with Gasteiger partial charge in [0, 0.05) is 30.9 Å². The van der Waals surface area contributed by atoms with E-state index in [-0.39, 0.29) is 5.91 Å². The molecule has 0 aromatic carbocycles. The molecule has 0 bridgehead atoms. The fourth-order valence-electron chi connectivity index (χ4n) is 1.72. The number of likely N-dealkylation sites (N-methyl/N-ethyl adjacent to an activating group) is 1. The Labute approximate surface area is 126 Å². The highest BCUT2D eigenvalue weighted by Gasteiger charge is 2.09. The minimum Gasteiger partial charge on any atom is -0.349 e. The number of carbonyl (C=O) groups is 1. The monoisotopic (exact) mass is 288 g/mol. The third-order valence-corrected chi connectivity index (χ3v) is 3.42. The lowest BCUT2D eigenvalue weighted by Crippen LogP contribution is -2.37. The summed E-state index contributed by atoms with van der Waals surface area (Å²) in [6.45, 7) is 6.06. The minimum atomic E-state index is -0.161. The van der Waals surface area contributed by atoms with Crippen LogP contribution in [-0.4, -0.2) is 48.5 Å². The molecule has 1 amide bonds. The fourth-order valence-corrected chi connectivity index (χ4v) is 1.72. The van der Waals surface area contributed by atoms with Crippen LogP contribution in [0.5, 0.6) is 0 Å². The highest BCUT2D eigenvalue weighted by atomic mass is 16.1. The van der Waals surface area contributed by atoms with E-state index in [0.29, 0.717) is 24.8 Å². The highest BCUT2D eigenvalue weighted by molar-refractivity contribution is 5.92. The van der Waals surface area contributed by atoms with Crippen molar-refractivity contribution in [3.8, 4) is 11.8 Å². The van der Waals surface area contributed by atoms with Crippen LogP contribution in [0.15, 0.2) is 18.3 Å². The van der Waals surface area contributed by atoms with E-state index in [9.17, 15) is 4.79 Å². The zero-order chi connectivity index (χ0) is 15.7. The number of nitrogens with two attached hydrogens (primary N) is 1. The summed E-state index contributed by atoms with van der Waals surface area (Å²) in [6.07, 6.45) is 2.68. The van der Waals surface area contributed by atoms with E-state index in [1.54, 1.807) is 18.3 Å². The third-order valence-electron chi connectivity index (χ3n) is 3.42. The molecule has 1 rings (SSSR count). The van der Waals surface area contributed by atoms with E-state index in [2.05, 4.69) is 47.9 Å². The molecule has 1 heterocycles. The van der Waals surface area contributed by atoms with Crippen molar-refractivity contribution in [1.29, 1.82) is 0 Å². The largest absolute Gasteiger partial charge is 0.349 e. The molecule has 114 valence electrons. The first-order valence-corrected chi connectivity index (χ1v) is 7.21. The van der Waals surface area contributed by atoms with Gasteiger partial charge in [-0.25, -0.2) is 4.98 Å². The molecular formula is C16H24N4O. The first kappa shape index (κ1) is 17.2. The van der Waals surface area contributed by atoms with Crippen molar-refractivity contribution in [2.24, 2.45) is 5.73 Å². The van der Waals surface area contributed by atoms with Gasteiger partial charge in [-0.2, -0.15) is 0 Å². The number of nitrogens with one attached hydrogen (secondary N) is 1. The van der Waals surface area contributed by atoms with Crippen LogP contribution in [0.4, 0.5) is 0 Å². The summed E-state index contributed by atoms with van der Waals surface area (Å²) in [5.41, 5.74) is 6.46. The van der Waals surface area contributed by atoms with Crippen molar-refractivity contribution in [2.45, 2.75) is 26.3 Å². The molecule has 21 heavy (non-hydrogen) atoms. The second-order valence-electron chi connectivity index (χ2n) is 4.93. The quantitative estimate of drug-likeness (QED) is 0.761. The van der Waals surface area contributed by atoms with Gasteiger partial charge in [-0.15, -0.1) is 0 Å². The Bertz CT molecular complexity index is 501. The molecule has 1 atom stereocenters. The maximum absolute atomic E-state index is 11.9. The van der Waals surface area contributed by atoms with Gasteiger partial charge in [0.25, 0.3) is 5.91 Å². The van der Waals surface area contributed by atoms with Crippen LogP contribution < -0.4 is 11.1 Å². The Balaban J connectivity index is 2.45. The van der Waals surface area contributed by atoms with Crippen LogP contribution in [-0.2, 0) is 0 Å². The lowest BCUT2D eigenvalue weighted by molar-refractivity contribution is 0.0942. The number of aromatic nitrogens is 1. The number of rotatable bonds is 6. The van der Waals surface area contributed by atoms with Crippen molar-refractivity contribution in [3.63, 3.8) is 0 Å². The molecule has 1 aromatic rings. The molecule has 1 unspecified atom stereocenters. The lowest BCUT2D eigenvalue weighted by atomic mass is 10.2. The normalized spacial score (nSPS) is 11.7. The maximum Gasteiger partial charge on any atom is 0.269 e. The molecule has 0 fully saturated rings. The van der Waals surface area contributed by atoms with E-state index < -0.39 is 0 Å². The van der Waals surface area contributed by atoms with Crippen LogP contribution in [0.25, 0.3) is 0 Å². The smallest absolute Gasteiger partial charge is 0.269 e. The molecule has 0 aliphatic heterocycles. The molecule has 5 nitrogen and oxygen atoms in total. The molecule has 0 aliphatic carbocycles. The highest BCUT2D eigenvalue weighted by Crippen LogP contribution is 2.00. The van der Waals surface area contributed by atoms with E-state index in [0.717, 1.165) is 18.5 Å². The summed E-state index contributed by atoms with van der Waals surface area (Å²) in [4.78, 5) is 18.3. The average Bonchev–Trinajstić information content (AvgIpc) is 2.52. The molecule has 0 saturated carbocycles. The SMILES string of the molecule is CCC(C)N(C)CCNC(=O)c1ccc(C#CCN)cn1. The zero-order valence-corrected chi connectivity index (χ0v) is 13.0. The van der Waals surface area contributed by atoms with Gasteiger partial charge in [-0.05, 0) is 32.5 Å². The van der Waals surface area contributed by atoms with Gasteiger partial charge in [0.05, 0.1) is 6.54 Å². The first-order valence-electron chi connectivity index (χ1n) is 7.21. The van der Waals surface area contributed by atoms with E-state index in [1.807, 2.05) is 0 Å². The Morgan fingerprint density at radius 1 is 1.52 bits per heavy atom. The molecule has 0 radical (unpaired) electrons. The van der Waals surface area contributed by atoms with Crippen molar-refractivity contribution in [1.82, 2.24) is 15.2 Å². The number of pyridine rings is 1. The Hall–Kier alpha value is -1.90. The number of amides is 1. The Morgan fingerprint density at radius 2 is 2.29 bits per heavy atom. The number of nitrogens with zero attached hydrogens (tertiary/aromatic N) is 2. The second kappa shape index (κ2) is 9.11. The summed E-state index contributed by atoms with van der Waals surface area (Å²) in [7, 11) is 2.06. The van der Waals surface area contributed by atoms with E-state index in [1.165, 1.54) is 0 Å². The van der Waals surface area contributed by atoms with Crippen LogP contribution in [0.2, 0.25) is 0 Å². The van der Waals surface area contributed by atoms with Gasteiger partial charge in [-0.3, -0.25) is 4.79 Å². The number of hydrogen-bond acceptors (Lipinski definition) is 4. The summed E-state index contributed by atoms with van der Waals surface area (Å²) < 4.78 is 0. The molecule has 1 aromatic heterocycles. The van der Waals surface area contributed by atoms with Gasteiger partial charge in [0.15, 0.2) is 0 Å². The average molecular weight is 288 g/mol. The minimum absolute atomic E-state index is 0.161. The van der Waals surface area contributed by atoms with Crippen LogP contribution in [0, 0.1) is 11.8 Å². The number of hydrogen-bond donors (Lipinski definition) is 2. The predicted molar refractivity (Wildman–Crippen MR) is 84.9 cm³/mol. The standard InChI is InChI=1S/C16H24N4O/c1-4-13(2)20(3)11-10-18-16(21)15-8-7-14(12-19-15)6-5-9-17/h7-8,12-13H,4,9-11,17H2,1-3H3,(H,18,21). The van der Waals surface area contributed by atoms with Crippen LogP contribution in [0.1, 0.15) is 36.3 Å².